The second kappa shape index (κ2) is 12.2. The lowest BCUT2D eigenvalue weighted by Crippen LogP contribution is -2.22. The van der Waals surface area contributed by atoms with E-state index in [1.807, 2.05) is 6.92 Å². The highest BCUT2D eigenvalue weighted by Crippen LogP contribution is 2.37. The maximum atomic E-state index is 13.2. The Morgan fingerprint density at radius 1 is 0.833 bits per heavy atom. The number of carbonyl (C=O) groups is 1. The molecule has 0 aliphatic rings. The molecule has 0 heterocycles. The molecule has 1 aromatic rings. The van der Waals surface area contributed by atoms with Crippen LogP contribution in [0.15, 0.2) is 18.2 Å². The molecule has 1 atom stereocenters. The van der Waals surface area contributed by atoms with Gasteiger partial charge in [-0.25, -0.2) is 4.79 Å². The summed E-state index contributed by atoms with van der Waals surface area (Å²) in [4.78, 5) is 12.4. The van der Waals surface area contributed by atoms with Gasteiger partial charge in [0.1, 0.15) is 6.10 Å². The summed E-state index contributed by atoms with van der Waals surface area (Å²) in [6, 6.07) is 0.839. The molecule has 0 radical (unpaired) electrons. The van der Waals surface area contributed by atoms with Crippen LogP contribution >= 0.6 is 0 Å². The van der Waals surface area contributed by atoms with Crippen molar-refractivity contribution in [3.05, 3.63) is 34.9 Å². The van der Waals surface area contributed by atoms with Crippen molar-refractivity contribution in [3.63, 3.8) is 0 Å². The lowest BCUT2D eigenvalue weighted by Gasteiger charge is -2.20. The van der Waals surface area contributed by atoms with E-state index in [1.54, 1.807) is 0 Å². The van der Waals surface area contributed by atoms with Crippen LogP contribution in [0.1, 0.15) is 99.5 Å². The topological polar surface area (TPSA) is 26.3 Å². The summed E-state index contributed by atoms with van der Waals surface area (Å²) in [7, 11) is 0. The summed E-state index contributed by atoms with van der Waals surface area (Å²) in [6.45, 7) is 4.03. The number of benzene rings is 1. The minimum Gasteiger partial charge on any atom is -0.459 e. The molecule has 0 saturated carbocycles. The van der Waals surface area contributed by atoms with Gasteiger partial charge in [-0.3, -0.25) is 0 Å². The Bertz CT molecular complexity index is 652. The maximum Gasteiger partial charge on any atom is 0.417 e. The van der Waals surface area contributed by atoms with Crippen molar-refractivity contribution >= 4 is 5.97 Å². The summed E-state index contributed by atoms with van der Waals surface area (Å²) < 4.78 is 83.8. The van der Waals surface area contributed by atoms with Crippen molar-refractivity contribution in [2.45, 2.75) is 96.5 Å². The number of rotatable bonds is 12. The van der Waals surface area contributed by atoms with E-state index in [-0.39, 0.29) is 12.1 Å². The molecular weight excluding hydrogens is 410 g/mol. The Kier molecular flexibility index (Phi) is 10.7. The monoisotopic (exact) mass is 440 g/mol. The lowest BCUT2D eigenvalue weighted by molar-refractivity contribution is -0.141. The Hall–Kier alpha value is -1.73. The third-order valence-electron chi connectivity index (χ3n) is 4.91. The van der Waals surface area contributed by atoms with Crippen LogP contribution in [0.5, 0.6) is 0 Å². The third-order valence-corrected chi connectivity index (χ3v) is 4.91. The molecule has 0 fully saturated rings. The van der Waals surface area contributed by atoms with Crippen molar-refractivity contribution < 1.29 is 35.9 Å². The molecule has 172 valence electrons. The summed E-state index contributed by atoms with van der Waals surface area (Å²) >= 11 is 0. The average Bonchev–Trinajstić information content (AvgIpc) is 2.66. The molecule has 2 nitrogen and oxygen atoms in total. The van der Waals surface area contributed by atoms with Crippen molar-refractivity contribution in [1.82, 2.24) is 0 Å². The maximum absolute atomic E-state index is 13.2. The highest BCUT2D eigenvalue weighted by atomic mass is 19.4. The fourth-order valence-corrected chi connectivity index (χ4v) is 3.20. The molecule has 0 aromatic heterocycles. The summed E-state index contributed by atoms with van der Waals surface area (Å²) in [6.07, 6.45) is -1.95. The third kappa shape index (κ3) is 8.96. The van der Waals surface area contributed by atoms with E-state index >= 15 is 0 Å². The van der Waals surface area contributed by atoms with E-state index < -0.39 is 41.1 Å². The number of alkyl halides is 6. The zero-order valence-electron chi connectivity index (χ0n) is 17.5. The van der Waals surface area contributed by atoms with E-state index in [2.05, 4.69) is 6.92 Å². The number of ether oxygens (including phenoxy) is 1. The number of halogens is 6. The Morgan fingerprint density at radius 2 is 1.40 bits per heavy atom. The van der Waals surface area contributed by atoms with Gasteiger partial charge in [0, 0.05) is 0 Å². The molecule has 0 bridgehead atoms. The molecule has 30 heavy (non-hydrogen) atoms. The van der Waals surface area contributed by atoms with Crippen molar-refractivity contribution in [2.75, 3.05) is 0 Å². The predicted molar refractivity (Wildman–Crippen MR) is 103 cm³/mol. The van der Waals surface area contributed by atoms with Crippen molar-refractivity contribution in [1.29, 1.82) is 0 Å². The smallest absolute Gasteiger partial charge is 0.417 e. The second-order valence-electron chi connectivity index (χ2n) is 7.48. The largest absolute Gasteiger partial charge is 0.459 e. The zero-order valence-corrected chi connectivity index (χ0v) is 17.5. The first-order valence-electron chi connectivity index (χ1n) is 10.5. The van der Waals surface area contributed by atoms with Crippen LogP contribution in [-0.4, -0.2) is 12.1 Å². The van der Waals surface area contributed by atoms with E-state index in [4.69, 9.17) is 4.74 Å². The van der Waals surface area contributed by atoms with Crippen LogP contribution in [0.25, 0.3) is 0 Å². The van der Waals surface area contributed by atoms with Crippen molar-refractivity contribution in [2.24, 2.45) is 0 Å². The molecule has 0 saturated heterocycles. The SMILES string of the molecule is CCCCCCCCC(CCCC)OC(=O)c1cc(C(F)(F)F)ccc1C(F)(F)F. The summed E-state index contributed by atoms with van der Waals surface area (Å²) in [5, 5.41) is 0. The number of unbranched alkanes of at least 4 members (excludes halogenated alkanes) is 6. The highest BCUT2D eigenvalue weighted by molar-refractivity contribution is 5.91. The van der Waals surface area contributed by atoms with Crippen LogP contribution in [0.2, 0.25) is 0 Å². The molecule has 0 aliphatic heterocycles. The Labute approximate surface area is 174 Å². The van der Waals surface area contributed by atoms with Crippen LogP contribution in [0.3, 0.4) is 0 Å². The fraction of sp³-hybridized carbons (Fsp3) is 0.682. The molecule has 1 aromatic carbocycles. The highest BCUT2D eigenvalue weighted by Gasteiger charge is 2.39. The summed E-state index contributed by atoms with van der Waals surface area (Å²) in [5.74, 6) is -1.36. The van der Waals surface area contributed by atoms with Gasteiger partial charge in [-0.1, -0.05) is 58.8 Å². The first-order valence-corrected chi connectivity index (χ1v) is 10.5. The van der Waals surface area contributed by atoms with E-state index in [0.29, 0.717) is 25.3 Å². The molecule has 1 rings (SSSR count). The predicted octanol–water partition coefficient (Wildman–Crippen LogP) is 8.19. The van der Waals surface area contributed by atoms with Crippen LogP contribution < -0.4 is 0 Å². The van der Waals surface area contributed by atoms with Gasteiger partial charge < -0.3 is 4.74 Å². The van der Waals surface area contributed by atoms with E-state index in [0.717, 1.165) is 44.9 Å². The first-order chi connectivity index (χ1) is 14.0. The van der Waals surface area contributed by atoms with E-state index in [1.165, 1.54) is 0 Å². The van der Waals surface area contributed by atoms with E-state index in [9.17, 15) is 31.1 Å². The summed E-state index contributed by atoms with van der Waals surface area (Å²) in [5.41, 5.74) is -3.83. The number of hydrogen-bond acceptors (Lipinski definition) is 2. The van der Waals surface area contributed by atoms with Gasteiger partial charge in [-0.15, -0.1) is 0 Å². The van der Waals surface area contributed by atoms with Crippen LogP contribution in [0, 0.1) is 0 Å². The van der Waals surface area contributed by atoms with Gasteiger partial charge in [-0.05, 0) is 37.5 Å². The van der Waals surface area contributed by atoms with Crippen LogP contribution in [0.4, 0.5) is 26.3 Å². The minimum absolute atomic E-state index is 0.229. The second-order valence-corrected chi connectivity index (χ2v) is 7.48. The van der Waals surface area contributed by atoms with Gasteiger partial charge in [0.15, 0.2) is 0 Å². The normalized spacial score (nSPS) is 13.3. The lowest BCUT2D eigenvalue weighted by atomic mass is 10.0. The van der Waals surface area contributed by atoms with Gasteiger partial charge in [0.25, 0.3) is 0 Å². The van der Waals surface area contributed by atoms with Gasteiger partial charge in [0.2, 0.25) is 0 Å². The quantitative estimate of drug-likeness (QED) is 0.186. The van der Waals surface area contributed by atoms with Gasteiger partial charge in [-0.2, -0.15) is 26.3 Å². The van der Waals surface area contributed by atoms with Gasteiger partial charge >= 0.3 is 18.3 Å². The fourth-order valence-electron chi connectivity index (χ4n) is 3.20. The molecule has 0 aliphatic carbocycles. The van der Waals surface area contributed by atoms with Crippen molar-refractivity contribution in [3.8, 4) is 0 Å². The zero-order chi connectivity index (χ0) is 22.8. The number of hydrogen-bond donors (Lipinski definition) is 0. The molecular formula is C22H30F6O2. The molecule has 0 N–H and O–H groups in total. The van der Waals surface area contributed by atoms with Crippen LogP contribution in [-0.2, 0) is 17.1 Å². The molecule has 0 amide bonds. The molecule has 8 heteroatoms. The van der Waals surface area contributed by atoms with Gasteiger partial charge in [0.05, 0.1) is 16.7 Å². The Morgan fingerprint density at radius 3 is 1.97 bits per heavy atom. The number of esters is 1. The first kappa shape index (κ1) is 26.3. The Balaban J connectivity index is 2.95. The average molecular weight is 440 g/mol. The molecule has 1 unspecified atom stereocenters. The standard InChI is InChI=1S/C22H30F6O2/c1-3-5-7-8-9-10-12-17(11-6-4-2)30-20(29)18-15-16(21(23,24)25)13-14-19(18)22(26,27)28/h13-15,17H,3-12H2,1-2H3. The number of carbonyl (C=O) groups excluding carboxylic acids is 1. The molecule has 0 spiro atoms. The minimum atomic E-state index is -4.96.